The third-order valence-electron chi connectivity index (χ3n) is 9.20. The number of rotatable bonds is 3. The summed E-state index contributed by atoms with van der Waals surface area (Å²) in [6, 6.07) is 9.71. The monoisotopic (exact) mass is 516 g/mol. The molecule has 8 heteroatoms. The van der Waals surface area contributed by atoms with Crippen LogP contribution in [0.2, 0.25) is 5.02 Å². The van der Waals surface area contributed by atoms with Gasteiger partial charge in [-0.2, -0.15) is 4.31 Å². The lowest BCUT2D eigenvalue weighted by molar-refractivity contribution is -0.147. The summed E-state index contributed by atoms with van der Waals surface area (Å²) >= 11 is 6.23. The molecule has 1 N–H and O–H groups in total. The van der Waals surface area contributed by atoms with E-state index < -0.39 is 16.1 Å². The van der Waals surface area contributed by atoms with Crippen molar-refractivity contribution in [3.8, 4) is 5.75 Å². The van der Waals surface area contributed by atoms with E-state index in [4.69, 9.17) is 11.6 Å². The third kappa shape index (κ3) is 3.45. The second-order valence-electron chi connectivity index (χ2n) is 11.0. The highest BCUT2D eigenvalue weighted by molar-refractivity contribution is 7.89. The first-order valence-corrected chi connectivity index (χ1v) is 14.1. The van der Waals surface area contributed by atoms with E-state index >= 15 is 0 Å². The van der Waals surface area contributed by atoms with E-state index in [-0.39, 0.29) is 33.4 Å². The Balaban J connectivity index is 1.50. The van der Waals surface area contributed by atoms with Gasteiger partial charge in [-0.25, -0.2) is 8.42 Å². The lowest BCUT2D eigenvalue weighted by Gasteiger charge is -2.61. The predicted molar refractivity (Wildman–Crippen MR) is 136 cm³/mol. The van der Waals surface area contributed by atoms with Crippen molar-refractivity contribution in [2.75, 3.05) is 13.1 Å². The standard InChI is InChI=1S/C27H33ClN2O4S/c1-17-20(28)9-6-12-23(17)35(33,34)30-14-7-10-21(30)25(32)29-15-13-27(4)19-8-5-11-22(31)18(19)16-24(29)26(27,2)3/h5-6,8-9,11-12,21,24,31H,7,10,13-16H2,1-4H3/t21?,24-,27-/m0/s1. The van der Waals surface area contributed by atoms with E-state index in [1.54, 1.807) is 31.2 Å². The van der Waals surface area contributed by atoms with Crippen LogP contribution in [0.4, 0.5) is 0 Å². The number of hydrogen-bond acceptors (Lipinski definition) is 4. The molecule has 0 aromatic heterocycles. The Bertz CT molecular complexity index is 1310. The zero-order valence-corrected chi connectivity index (χ0v) is 22.3. The minimum absolute atomic E-state index is 0.132. The normalized spacial score (nSPS) is 28.1. The Kier molecular flexibility index (Phi) is 5.78. The number of aromatic hydroxyl groups is 1. The van der Waals surface area contributed by atoms with Gasteiger partial charge in [-0.05, 0) is 72.9 Å². The maximum atomic E-state index is 14.1. The fourth-order valence-corrected chi connectivity index (χ4v) is 8.78. The highest BCUT2D eigenvalue weighted by atomic mass is 35.5. The number of piperidine rings is 1. The van der Waals surface area contributed by atoms with Crippen molar-refractivity contribution >= 4 is 27.5 Å². The van der Waals surface area contributed by atoms with Gasteiger partial charge in [0.15, 0.2) is 0 Å². The molecule has 2 fully saturated rings. The number of benzene rings is 2. The average Bonchev–Trinajstić information content (AvgIpc) is 3.29. The molecule has 3 aliphatic rings. The van der Waals surface area contributed by atoms with Gasteiger partial charge < -0.3 is 10.0 Å². The van der Waals surface area contributed by atoms with Crippen molar-refractivity contribution in [1.82, 2.24) is 9.21 Å². The minimum atomic E-state index is -3.88. The molecule has 2 bridgehead atoms. The van der Waals surface area contributed by atoms with Gasteiger partial charge in [-0.3, -0.25) is 4.79 Å². The molecule has 1 aliphatic carbocycles. The quantitative estimate of drug-likeness (QED) is 0.644. The molecule has 5 rings (SSSR count). The van der Waals surface area contributed by atoms with Gasteiger partial charge in [0.2, 0.25) is 15.9 Å². The smallest absolute Gasteiger partial charge is 0.244 e. The summed E-state index contributed by atoms with van der Waals surface area (Å²) < 4.78 is 28.7. The zero-order valence-electron chi connectivity index (χ0n) is 20.7. The van der Waals surface area contributed by atoms with Crippen molar-refractivity contribution in [2.45, 2.75) is 75.8 Å². The largest absolute Gasteiger partial charge is 0.508 e. The van der Waals surface area contributed by atoms with Gasteiger partial charge in [0.25, 0.3) is 0 Å². The van der Waals surface area contributed by atoms with Crippen molar-refractivity contribution in [2.24, 2.45) is 5.41 Å². The van der Waals surface area contributed by atoms with Crippen LogP contribution in [0.5, 0.6) is 5.75 Å². The van der Waals surface area contributed by atoms with Crippen LogP contribution in [0.1, 0.15) is 56.7 Å². The van der Waals surface area contributed by atoms with Crippen LogP contribution in [0.25, 0.3) is 0 Å². The lowest BCUT2D eigenvalue weighted by Crippen LogP contribution is -2.66. The van der Waals surface area contributed by atoms with Gasteiger partial charge in [0.1, 0.15) is 11.8 Å². The van der Waals surface area contributed by atoms with Crippen molar-refractivity contribution in [3.05, 3.63) is 58.1 Å². The SMILES string of the molecule is Cc1c(Cl)cccc1S(=O)(=O)N1CCCC1C(=O)N1CC[C@@]2(C)c3cccc(O)c3C[C@H]1C2(C)C. The van der Waals surface area contributed by atoms with E-state index in [0.29, 0.717) is 42.9 Å². The Morgan fingerprint density at radius 1 is 1.11 bits per heavy atom. The number of phenolic OH excluding ortho intramolecular Hbond substituents is 1. The Hall–Kier alpha value is -2.09. The van der Waals surface area contributed by atoms with E-state index in [2.05, 4.69) is 26.8 Å². The molecule has 0 saturated carbocycles. The molecule has 1 amide bonds. The number of fused-ring (bicyclic) bond motifs is 4. The van der Waals surface area contributed by atoms with Crippen LogP contribution in [0.3, 0.4) is 0 Å². The van der Waals surface area contributed by atoms with E-state index in [9.17, 15) is 18.3 Å². The third-order valence-corrected chi connectivity index (χ3v) is 11.7. The van der Waals surface area contributed by atoms with Crippen LogP contribution in [-0.2, 0) is 26.7 Å². The highest BCUT2D eigenvalue weighted by Gasteiger charge is 2.58. The molecule has 6 nitrogen and oxygen atoms in total. The molecule has 188 valence electrons. The molecular weight excluding hydrogens is 484 g/mol. The van der Waals surface area contributed by atoms with E-state index in [1.165, 1.54) is 4.31 Å². The summed E-state index contributed by atoms with van der Waals surface area (Å²) in [4.78, 5) is 16.1. The summed E-state index contributed by atoms with van der Waals surface area (Å²) in [5, 5.41) is 11.0. The molecule has 35 heavy (non-hydrogen) atoms. The van der Waals surface area contributed by atoms with Gasteiger partial charge in [-0.15, -0.1) is 0 Å². The van der Waals surface area contributed by atoms with Gasteiger partial charge in [0.05, 0.1) is 4.90 Å². The lowest BCUT2D eigenvalue weighted by atomic mass is 9.51. The number of halogens is 1. The van der Waals surface area contributed by atoms with E-state index in [1.807, 2.05) is 11.0 Å². The Morgan fingerprint density at radius 2 is 1.83 bits per heavy atom. The molecule has 2 aromatic rings. The number of phenols is 1. The van der Waals surface area contributed by atoms with E-state index in [0.717, 1.165) is 17.5 Å². The van der Waals surface area contributed by atoms with Crippen molar-refractivity contribution in [3.63, 3.8) is 0 Å². The van der Waals surface area contributed by atoms with Crippen molar-refractivity contribution in [1.29, 1.82) is 0 Å². The summed E-state index contributed by atoms with van der Waals surface area (Å²) in [7, 11) is -3.88. The topological polar surface area (TPSA) is 77.9 Å². The molecular formula is C27H33ClN2O4S. The molecule has 2 aliphatic heterocycles. The number of amides is 1. The minimum Gasteiger partial charge on any atom is -0.508 e. The molecule has 0 radical (unpaired) electrons. The first-order valence-electron chi connectivity index (χ1n) is 12.3. The zero-order chi connectivity index (χ0) is 25.3. The van der Waals surface area contributed by atoms with Crippen LogP contribution in [0.15, 0.2) is 41.3 Å². The van der Waals surface area contributed by atoms with Gasteiger partial charge >= 0.3 is 0 Å². The number of carbonyl (C=O) groups is 1. The molecule has 2 saturated heterocycles. The first kappa shape index (κ1) is 24.6. The molecule has 0 spiro atoms. The second kappa shape index (κ2) is 8.22. The van der Waals surface area contributed by atoms with Crippen LogP contribution >= 0.6 is 11.6 Å². The van der Waals surface area contributed by atoms with Gasteiger partial charge in [0, 0.05) is 29.6 Å². The van der Waals surface area contributed by atoms with Crippen molar-refractivity contribution < 1.29 is 18.3 Å². The highest BCUT2D eigenvalue weighted by Crippen LogP contribution is 2.57. The van der Waals surface area contributed by atoms with Gasteiger partial charge in [-0.1, -0.05) is 50.6 Å². The predicted octanol–water partition coefficient (Wildman–Crippen LogP) is 4.65. The summed E-state index contributed by atoms with van der Waals surface area (Å²) in [5.74, 6) is 0.134. The summed E-state index contributed by atoms with van der Waals surface area (Å²) in [6.07, 6.45) is 2.45. The fourth-order valence-electron chi connectivity index (χ4n) is 6.65. The maximum absolute atomic E-state index is 14.1. The summed E-state index contributed by atoms with van der Waals surface area (Å²) in [6.45, 7) is 9.20. The average molecular weight is 517 g/mol. The molecule has 1 unspecified atom stereocenters. The Morgan fingerprint density at radius 3 is 2.57 bits per heavy atom. The Labute approximate surface area is 212 Å². The number of likely N-dealkylation sites (tertiary alicyclic amines) is 1. The number of sulfonamides is 1. The number of nitrogens with zero attached hydrogens (tertiary/aromatic N) is 2. The molecule has 2 heterocycles. The maximum Gasteiger partial charge on any atom is 0.244 e. The second-order valence-corrected chi connectivity index (χ2v) is 13.3. The summed E-state index contributed by atoms with van der Waals surface area (Å²) in [5.41, 5.74) is 2.13. The van der Waals surface area contributed by atoms with Crippen LogP contribution in [-0.4, -0.2) is 53.8 Å². The number of carbonyl (C=O) groups excluding carboxylic acids is 1. The van der Waals surface area contributed by atoms with Crippen LogP contribution in [0, 0.1) is 12.3 Å². The fraction of sp³-hybridized carbons (Fsp3) is 0.519. The van der Waals surface area contributed by atoms with Crippen LogP contribution < -0.4 is 0 Å². The number of hydrogen-bond donors (Lipinski definition) is 1. The molecule has 2 aromatic carbocycles. The molecule has 3 atom stereocenters. The first-order chi connectivity index (χ1) is 16.4.